The van der Waals surface area contributed by atoms with E-state index in [9.17, 15) is 0 Å². The molecule has 2 aliphatic rings. The Balaban J connectivity index is 1.84. The molecular weight excluding hydrogens is 360 g/mol. The fraction of sp³-hybridized carbons (Fsp3) is 0.429. The minimum atomic E-state index is -0.00800. The largest absolute Gasteiger partial charge is 0.493 e. The van der Waals surface area contributed by atoms with Gasteiger partial charge in [-0.1, -0.05) is 6.07 Å². The molecule has 1 unspecified atom stereocenters. The monoisotopic (exact) mass is 386 g/mol. The van der Waals surface area contributed by atoms with E-state index in [4.69, 9.17) is 23.7 Å². The number of benzene rings is 2. The zero-order chi connectivity index (χ0) is 19.5. The minimum Gasteiger partial charge on any atom is -0.493 e. The van der Waals surface area contributed by atoms with E-state index in [1.165, 1.54) is 0 Å². The van der Waals surface area contributed by atoms with Crippen LogP contribution in [0.4, 0.5) is 0 Å². The highest BCUT2D eigenvalue weighted by molar-refractivity contribution is 5.59. The maximum absolute atomic E-state index is 5.79. The Morgan fingerprint density at radius 1 is 0.893 bits per heavy atom. The Bertz CT molecular complexity index is 836. The molecule has 150 valence electrons. The van der Waals surface area contributed by atoms with E-state index >= 15 is 0 Å². The van der Waals surface area contributed by atoms with Gasteiger partial charge in [-0.25, -0.2) is 0 Å². The summed E-state index contributed by atoms with van der Waals surface area (Å²) in [5, 5.41) is 3.42. The van der Waals surface area contributed by atoms with Crippen LogP contribution in [0.25, 0.3) is 0 Å². The Hall–Kier alpha value is -2.64. The first-order valence-corrected chi connectivity index (χ1v) is 9.40. The molecule has 0 aromatic heterocycles. The lowest BCUT2D eigenvalue weighted by Gasteiger charge is -2.36. The molecule has 0 amide bonds. The van der Waals surface area contributed by atoms with Crippen LogP contribution in [0.15, 0.2) is 30.3 Å². The summed E-state index contributed by atoms with van der Waals surface area (Å²) >= 11 is 0. The molecule has 0 radical (unpaired) electrons. The third-order valence-electron chi connectivity index (χ3n) is 5.26. The number of hydrogen-bond donors (Lipinski definition) is 1. The number of fused-ring (bicyclic) bond motifs is 1. The van der Waals surface area contributed by atoms with Gasteiger partial charge in [-0.05, 0) is 29.8 Å². The summed E-state index contributed by atoms with van der Waals surface area (Å²) in [6.07, 6.45) is 0. The van der Waals surface area contributed by atoms with Crippen molar-refractivity contribution in [1.82, 2.24) is 10.2 Å². The van der Waals surface area contributed by atoms with Gasteiger partial charge in [-0.3, -0.25) is 4.90 Å². The predicted octanol–water partition coefficient (Wildman–Crippen LogP) is 2.44. The lowest BCUT2D eigenvalue weighted by molar-refractivity contribution is 0.173. The second-order valence-electron chi connectivity index (χ2n) is 6.72. The van der Waals surface area contributed by atoms with Gasteiger partial charge in [0, 0.05) is 31.7 Å². The number of methoxy groups -OCH3 is 3. The highest BCUT2D eigenvalue weighted by Gasteiger charge is 2.30. The smallest absolute Gasteiger partial charge is 0.231 e. The first-order valence-electron chi connectivity index (χ1n) is 9.40. The quantitative estimate of drug-likeness (QED) is 0.818. The van der Waals surface area contributed by atoms with Crippen LogP contribution < -0.4 is 29.0 Å². The van der Waals surface area contributed by atoms with Crippen LogP contribution in [-0.4, -0.2) is 59.2 Å². The van der Waals surface area contributed by atoms with E-state index in [-0.39, 0.29) is 12.8 Å². The number of hydrogen-bond acceptors (Lipinski definition) is 7. The van der Waals surface area contributed by atoms with Crippen molar-refractivity contribution < 1.29 is 23.7 Å². The van der Waals surface area contributed by atoms with Gasteiger partial charge in [0.1, 0.15) is 0 Å². The maximum atomic E-state index is 5.79. The van der Waals surface area contributed by atoms with E-state index in [1.54, 1.807) is 21.3 Å². The van der Waals surface area contributed by atoms with Gasteiger partial charge in [-0.15, -0.1) is 0 Å². The second kappa shape index (κ2) is 8.16. The van der Waals surface area contributed by atoms with Crippen LogP contribution in [-0.2, 0) is 0 Å². The number of nitrogens with one attached hydrogen (secondary N) is 1. The molecule has 1 saturated heterocycles. The molecule has 0 aliphatic carbocycles. The summed E-state index contributed by atoms with van der Waals surface area (Å²) in [6, 6.07) is 10.1. The normalized spacial score (nSPS) is 17.2. The van der Waals surface area contributed by atoms with Crippen molar-refractivity contribution in [2.45, 2.75) is 6.04 Å². The number of rotatable bonds is 6. The van der Waals surface area contributed by atoms with E-state index < -0.39 is 0 Å². The van der Waals surface area contributed by atoms with Gasteiger partial charge in [-0.2, -0.15) is 0 Å². The van der Waals surface area contributed by atoms with Gasteiger partial charge in [0.25, 0.3) is 0 Å². The molecular formula is C21H26N2O5. The first kappa shape index (κ1) is 18.7. The zero-order valence-corrected chi connectivity index (χ0v) is 16.5. The second-order valence-corrected chi connectivity index (χ2v) is 6.72. The van der Waals surface area contributed by atoms with Gasteiger partial charge < -0.3 is 29.0 Å². The lowest BCUT2D eigenvalue weighted by Crippen LogP contribution is -2.45. The fourth-order valence-corrected chi connectivity index (χ4v) is 3.95. The van der Waals surface area contributed by atoms with Gasteiger partial charge >= 0.3 is 0 Å². The molecule has 7 nitrogen and oxygen atoms in total. The Labute approximate surface area is 165 Å². The first-order chi connectivity index (χ1) is 13.8. The van der Waals surface area contributed by atoms with Crippen molar-refractivity contribution in [2.24, 2.45) is 0 Å². The van der Waals surface area contributed by atoms with Gasteiger partial charge in [0.05, 0.1) is 27.4 Å². The Morgan fingerprint density at radius 3 is 2.36 bits per heavy atom. The molecule has 2 aliphatic heterocycles. The average Bonchev–Trinajstić information content (AvgIpc) is 3.22. The van der Waals surface area contributed by atoms with Crippen LogP contribution in [0.2, 0.25) is 0 Å². The Morgan fingerprint density at radius 2 is 1.64 bits per heavy atom. The lowest BCUT2D eigenvalue weighted by atomic mass is 9.94. The molecule has 0 spiro atoms. The summed E-state index contributed by atoms with van der Waals surface area (Å²) in [7, 11) is 4.92. The van der Waals surface area contributed by atoms with Crippen LogP contribution >= 0.6 is 0 Å². The molecule has 2 aromatic rings. The molecule has 0 saturated carbocycles. The van der Waals surface area contributed by atoms with E-state index in [0.717, 1.165) is 48.8 Å². The molecule has 1 atom stereocenters. The summed E-state index contributed by atoms with van der Waals surface area (Å²) in [5.74, 6) is 3.48. The van der Waals surface area contributed by atoms with Crippen molar-refractivity contribution in [3.63, 3.8) is 0 Å². The predicted molar refractivity (Wildman–Crippen MR) is 105 cm³/mol. The maximum Gasteiger partial charge on any atom is 0.231 e. The van der Waals surface area contributed by atoms with Crippen LogP contribution in [0.5, 0.6) is 28.7 Å². The SMILES string of the molecule is COc1ccc(C(c2ccc3c(c2)OCO3)N2CCNCC2)c(OC)c1OC. The van der Waals surface area contributed by atoms with E-state index in [1.807, 2.05) is 12.1 Å². The number of nitrogens with zero attached hydrogens (tertiary/aromatic N) is 1. The molecule has 2 heterocycles. The molecule has 0 bridgehead atoms. The highest BCUT2D eigenvalue weighted by Crippen LogP contribution is 2.46. The molecule has 28 heavy (non-hydrogen) atoms. The van der Waals surface area contributed by atoms with Crippen molar-refractivity contribution in [3.8, 4) is 28.7 Å². The van der Waals surface area contributed by atoms with E-state index in [0.29, 0.717) is 17.2 Å². The van der Waals surface area contributed by atoms with Crippen molar-refractivity contribution in [3.05, 3.63) is 41.5 Å². The number of ether oxygens (including phenoxy) is 5. The summed E-state index contributed by atoms with van der Waals surface area (Å²) in [5.41, 5.74) is 2.15. The standard InChI is InChI=1S/C21H26N2O5/c1-24-17-7-5-15(20(25-2)21(17)26-3)19(23-10-8-22-9-11-23)14-4-6-16-18(12-14)28-13-27-16/h4-7,12,19,22H,8-11,13H2,1-3H3. The minimum absolute atomic E-state index is 0.00800. The Kier molecular flexibility index (Phi) is 5.45. The summed E-state index contributed by atoms with van der Waals surface area (Å²) < 4.78 is 28.0. The van der Waals surface area contributed by atoms with Crippen molar-refractivity contribution in [1.29, 1.82) is 0 Å². The van der Waals surface area contributed by atoms with Crippen LogP contribution in [0.1, 0.15) is 17.2 Å². The molecule has 4 rings (SSSR count). The van der Waals surface area contributed by atoms with Crippen molar-refractivity contribution in [2.75, 3.05) is 54.3 Å². The molecule has 2 aromatic carbocycles. The highest BCUT2D eigenvalue weighted by atomic mass is 16.7. The third kappa shape index (κ3) is 3.31. The van der Waals surface area contributed by atoms with Crippen LogP contribution in [0, 0.1) is 0 Å². The van der Waals surface area contributed by atoms with Crippen molar-refractivity contribution >= 4 is 0 Å². The molecule has 7 heteroatoms. The van der Waals surface area contributed by atoms with Gasteiger partial charge in [0.2, 0.25) is 12.5 Å². The van der Waals surface area contributed by atoms with Gasteiger partial charge in [0.15, 0.2) is 23.0 Å². The number of piperazine rings is 1. The van der Waals surface area contributed by atoms with E-state index in [2.05, 4.69) is 28.4 Å². The third-order valence-corrected chi connectivity index (χ3v) is 5.26. The fourth-order valence-electron chi connectivity index (χ4n) is 3.95. The summed E-state index contributed by atoms with van der Waals surface area (Å²) in [6.45, 7) is 4.00. The zero-order valence-electron chi connectivity index (χ0n) is 16.5. The topological polar surface area (TPSA) is 61.4 Å². The molecule has 1 fully saturated rings. The molecule has 1 N–H and O–H groups in total. The average molecular weight is 386 g/mol. The van der Waals surface area contributed by atoms with Crippen LogP contribution in [0.3, 0.4) is 0 Å². The summed E-state index contributed by atoms with van der Waals surface area (Å²) in [4.78, 5) is 2.44.